The lowest BCUT2D eigenvalue weighted by atomic mass is 9.98. The van der Waals surface area contributed by atoms with E-state index >= 15 is 0 Å². The number of nitrogens with zero attached hydrogens (tertiary/aromatic N) is 1. The molecule has 0 bridgehead atoms. The molecule has 1 atom stereocenters. The van der Waals surface area contributed by atoms with Gasteiger partial charge in [-0.15, -0.1) is 0 Å². The molecule has 5 heteroatoms. The van der Waals surface area contributed by atoms with Gasteiger partial charge in [0.15, 0.2) is 0 Å². The first-order valence-electron chi connectivity index (χ1n) is 8.28. The van der Waals surface area contributed by atoms with Crippen molar-refractivity contribution in [2.45, 2.75) is 32.6 Å². The van der Waals surface area contributed by atoms with Gasteiger partial charge in [-0.3, -0.25) is 4.79 Å². The highest BCUT2D eigenvalue weighted by Crippen LogP contribution is 2.18. The van der Waals surface area contributed by atoms with Crippen LogP contribution in [0.15, 0.2) is 24.3 Å². The Hall–Kier alpha value is -1.88. The molecule has 0 aromatic heterocycles. The number of likely N-dealkylation sites (tertiary alicyclic amines) is 1. The molecule has 0 radical (unpaired) electrons. The Bertz CT molecular complexity index is 526. The van der Waals surface area contributed by atoms with E-state index in [2.05, 4.69) is 0 Å². The Balaban J connectivity index is 1.80. The molecule has 1 aromatic rings. The maximum atomic E-state index is 12.4. The number of amides is 1. The Morgan fingerprint density at radius 2 is 2.04 bits per heavy atom. The van der Waals surface area contributed by atoms with Gasteiger partial charge in [-0.1, -0.05) is 12.1 Å². The van der Waals surface area contributed by atoms with Gasteiger partial charge < -0.3 is 14.7 Å². The summed E-state index contributed by atoms with van der Waals surface area (Å²) in [5, 5.41) is 8.88. The summed E-state index contributed by atoms with van der Waals surface area (Å²) in [6.45, 7) is 5.06. The number of carbonyl (C=O) groups is 2. The Morgan fingerprint density at radius 3 is 2.70 bits per heavy atom. The number of hydrogen-bond donors (Lipinski definition) is 1. The molecule has 0 aliphatic carbocycles. The summed E-state index contributed by atoms with van der Waals surface area (Å²) in [5.74, 6) is -0.308. The summed E-state index contributed by atoms with van der Waals surface area (Å²) in [6, 6.07) is 6.73. The average Bonchev–Trinajstić information content (AvgIpc) is 2.58. The molecule has 0 spiro atoms. The Labute approximate surface area is 137 Å². The van der Waals surface area contributed by atoms with Crippen LogP contribution < -0.4 is 0 Å². The third-order valence-corrected chi connectivity index (χ3v) is 4.26. The van der Waals surface area contributed by atoms with E-state index in [9.17, 15) is 9.59 Å². The van der Waals surface area contributed by atoms with Gasteiger partial charge >= 0.3 is 5.97 Å². The SMILES string of the molecule is CCOCC1CCCN(C(=O)CCc2ccc(C(=O)O)cc2)C1. The highest BCUT2D eigenvalue weighted by atomic mass is 16.5. The van der Waals surface area contributed by atoms with Gasteiger partial charge in [-0.05, 0) is 49.8 Å². The summed E-state index contributed by atoms with van der Waals surface area (Å²) in [4.78, 5) is 25.1. The zero-order valence-corrected chi connectivity index (χ0v) is 13.7. The number of hydrogen-bond acceptors (Lipinski definition) is 3. The minimum Gasteiger partial charge on any atom is -0.478 e. The largest absolute Gasteiger partial charge is 0.478 e. The minimum absolute atomic E-state index is 0.175. The average molecular weight is 319 g/mol. The predicted molar refractivity (Wildman–Crippen MR) is 87.5 cm³/mol. The van der Waals surface area contributed by atoms with Crippen molar-refractivity contribution < 1.29 is 19.4 Å². The molecule has 1 aromatic carbocycles. The maximum Gasteiger partial charge on any atom is 0.335 e. The van der Waals surface area contributed by atoms with E-state index in [0.717, 1.165) is 44.7 Å². The first kappa shape index (κ1) is 17.5. The van der Waals surface area contributed by atoms with Gasteiger partial charge in [0, 0.05) is 26.1 Å². The van der Waals surface area contributed by atoms with E-state index in [4.69, 9.17) is 9.84 Å². The van der Waals surface area contributed by atoms with Crippen molar-refractivity contribution in [2.24, 2.45) is 5.92 Å². The van der Waals surface area contributed by atoms with Crippen LogP contribution in [0.1, 0.15) is 42.1 Å². The molecule has 2 rings (SSSR count). The molecule has 1 aliphatic rings. The van der Waals surface area contributed by atoms with Crippen LogP contribution in [0.25, 0.3) is 0 Å². The topological polar surface area (TPSA) is 66.8 Å². The molecule has 1 aliphatic heterocycles. The summed E-state index contributed by atoms with van der Waals surface area (Å²) < 4.78 is 5.47. The highest BCUT2D eigenvalue weighted by molar-refractivity contribution is 5.87. The van der Waals surface area contributed by atoms with Crippen LogP contribution in [0.2, 0.25) is 0 Å². The number of aryl methyl sites for hydroxylation is 1. The third kappa shape index (κ3) is 5.36. The van der Waals surface area contributed by atoms with Crippen molar-refractivity contribution in [3.63, 3.8) is 0 Å². The molecular weight excluding hydrogens is 294 g/mol. The highest BCUT2D eigenvalue weighted by Gasteiger charge is 2.23. The molecule has 23 heavy (non-hydrogen) atoms. The van der Waals surface area contributed by atoms with Crippen molar-refractivity contribution in [2.75, 3.05) is 26.3 Å². The molecule has 1 N–H and O–H groups in total. The number of benzene rings is 1. The number of piperidine rings is 1. The van der Waals surface area contributed by atoms with Crippen molar-refractivity contribution >= 4 is 11.9 Å². The van der Waals surface area contributed by atoms with Crippen LogP contribution in [-0.2, 0) is 16.0 Å². The zero-order chi connectivity index (χ0) is 16.7. The summed E-state index contributed by atoms with van der Waals surface area (Å²) in [5.41, 5.74) is 1.26. The van der Waals surface area contributed by atoms with Gasteiger partial charge in [0.25, 0.3) is 0 Å². The van der Waals surface area contributed by atoms with Crippen LogP contribution in [-0.4, -0.2) is 48.2 Å². The predicted octanol–water partition coefficient (Wildman–Crippen LogP) is 2.59. The monoisotopic (exact) mass is 319 g/mol. The second-order valence-corrected chi connectivity index (χ2v) is 6.01. The lowest BCUT2D eigenvalue weighted by molar-refractivity contribution is -0.133. The normalized spacial score (nSPS) is 18.0. The lowest BCUT2D eigenvalue weighted by Crippen LogP contribution is -2.41. The van der Waals surface area contributed by atoms with E-state index < -0.39 is 5.97 Å². The third-order valence-electron chi connectivity index (χ3n) is 4.26. The molecular formula is C18H25NO4. The van der Waals surface area contributed by atoms with E-state index in [1.54, 1.807) is 24.3 Å². The van der Waals surface area contributed by atoms with E-state index in [1.807, 2.05) is 11.8 Å². The Morgan fingerprint density at radius 1 is 1.30 bits per heavy atom. The fourth-order valence-electron chi connectivity index (χ4n) is 2.94. The van der Waals surface area contributed by atoms with Crippen molar-refractivity contribution in [3.05, 3.63) is 35.4 Å². The number of aromatic carboxylic acids is 1. The smallest absolute Gasteiger partial charge is 0.335 e. The van der Waals surface area contributed by atoms with Crippen LogP contribution in [0.5, 0.6) is 0 Å². The molecule has 1 saturated heterocycles. The number of carbonyl (C=O) groups excluding carboxylic acids is 1. The molecule has 0 saturated carbocycles. The van der Waals surface area contributed by atoms with Crippen molar-refractivity contribution in [1.82, 2.24) is 4.90 Å². The molecule has 5 nitrogen and oxygen atoms in total. The summed E-state index contributed by atoms with van der Waals surface area (Å²) in [7, 11) is 0. The molecule has 126 valence electrons. The molecule has 1 fully saturated rings. The lowest BCUT2D eigenvalue weighted by Gasteiger charge is -2.32. The molecule has 1 heterocycles. The van der Waals surface area contributed by atoms with Crippen molar-refractivity contribution in [3.8, 4) is 0 Å². The maximum absolute atomic E-state index is 12.4. The second-order valence-electron chi connectivity index (χ2n) is 6.01. The fraction of sp³-hybridized carbons (Fsp3) is 0.556. The van der Waals surface area contributed by atoms with Gasteiger partial charge in [-0.25, -0.2) is 4.79 Å². The number of carboxylic acids is 1. The quantitative estimate of drug-likeness (QED) is 0.839. The standard InChI is InChI=1S/C18H25NO4/c1-2-23-13-15-4-3-11-19(12-15)17(20)10-7-14-5-8-16(9-6-14)18(21)22/h5-6,8-9,15H,2-4,7,10-13H2,1H3,(H,21,22). The van der Waals surface area contributed by atoms with Gasteiger partial charge in [0.1, 0.15) is 0 Å². The van der Waals surface area contributed by atoms with Crippen LogP contribution in [0.4, 0.5) is 0 Å². The number of ether oxygens (including phenoxy) is 1. The summed E-state index contributed by atoms with van der Waals surface area (Å²) >= 11 is 0. The molecule has 1 amide bonds. The summed E-state index contributed by atoms with van der Waals surface area (Å²) in [6.07, 6.45) is 3.27. The van der Waals surface area contributed by atoms with E-state index in [1.165, 1.54) is 0 Å². The van der Waals surface area contributed by atoms with Crippen LogP contribution in [0, 0.1) is 5.92 Å². The van der Waals surface area contributed by atoms with E-state index in [0.29, 0.717) is 18.8 Å². The molecule has 1 unspecified atom stereocenters. The van der Waals surface area contributed by atoms with Crippen LogP contribution in [0.3, 0.4) is 0 Å². The first-order chi connectivity index (χ1) is 11.1. The number of rotatable bonds is 7. The second kappa shape index (κ2) is 8.67. The van der Waals surface area contributed by atoms with Gasteiger partial charge in [0.05, 0.1) is 12.2 Å². The van der Waals surface area contributed by atoms with Gasteiger partial charge in [0.2, 0.25) is 5.91 Å². The van der Waals surface area contributed by atoms with Gasteiger partial charge in [-0.2, -0.15) is 0 Å². The van der Waals surface area contributed by atoms with E-state index in [-0.39, 0.29) is 11.5 Å². The van der Waals surface area contributed by atoms with Crippen molar-refractivity contribution in [1.29, 1.82) is 0 Å². The number of carboxylic acid groups (broad SMARTS) is 1. The minimum atomic E-state index is -0.929. The van der Waals surface area contributed by atoms with Crippen LogP contribution >= 0.6 is 0 Å². The zero-order valence-electron chi connectivity index (χ0n) is 13.7. The Kier molecular flexibility index (Phi) is 6.59. The fourth-order valence-corrected chi connectivity index (χ4v) is 2.94. The first-order valence-corrected chi connectivity index (χ1v) is 8.28.